The molecule has 33 heavy (non-hydrogen) atoms. The van der Waals surface area contributed by atoms with Gasteiger partial charge in [0.1, 0.15) is 11.6 Å². The van der Waals surface area contributed by atoms with Crippen molar-refractivity contribution in [1.82, 2.24) is 15.2 Å². The molecule has 0 saturated heterocycles. The van der Waals surface area contributed by atoms with Crippen LogP contribution in [-0.4, -0.2) is 37.6 Å². The summed E-state index contributed by atoms with van der Waals surface area (Å²) in [7, 11) is 0. The maximum absolute atomic E-state index is 11.8. The first-order valence-electron chi connectivity index (χ1n) is 13.9. The zero-order valence-electron chi connectivity index (χ0n) is 21.6. The van der Waals surface area contributed by atoms with Crippen LogP contribution in [0.1, 0.15) is 97.1 Å². The summed E-state index contributed by atoms with van der Waals surface area (Å²) in [5.74, 6) is 5.86. The minimum absolute atomic E-state index is 0.167. The third-order valence-electron chi connectivity index (χ3n) is 11.6. The van der Waals surface area contributed by atoms with E-state index in [0.717, 1.165) is 56.1 Å². The normalized spacial score (nSPS) is 48.1. The molecule has 5 nitrogen and oxygen atoms in total. The molecule has 0 radical (unpaired) electrons. The number of hydrogen-bond acceptors (Lipinski definition) is 4. The van der Waals surface area contributed by atoms with E-state index in [9.17, 15) is 10.2 Å². The van der Waals surface area contributed by atoms with Gasteiger partial charge in [0.2, 0.25) is 0 Å². The molecule has 186 valence electrons. The highest BCUT2D eigenvalue weighted by atomic mass is 16.3. The van der Waals surface area contributed by atoms with Gasteiger partial charge in [-0.25, -0.2) is 0 Å². The van der Waals surface area contributed by atoms with Crippen molar-refractivity contribution >= 4 is 0 Å². The van der Waals surface area contributed by atoms with Gasteiger partial charge in [-0.05, 0) is 111 Å². The lowest BCUT2D eigenvalue weighted by molar-refractivity contribution is -0.203. The summed E-state index contributed by atoms with van der Waals surface area (Å²) in [5, 5.41) is 30.8. The van der Waals surface area contributed by atoms with E-state index in [2.05, 4.69) is 42.9 Å². The van der Waals surface area contributed by atoms with E-state index >= 15 is 0 Å². The molecular weight excluding hydrogens is 410 g/mol. The summed E-state index contributed by atoms with van der Waals surface area (Å²) in [6.45, 7) is 11.8. The van der Waals surface area contributed by atoms with E-state index in [1.165, 1.54) is 25.7 Å². The fourth-order valence-electron chi connectivity index (χ4n) is 10.0. The quantitative estimate of drug-likeness (QED) is 0.560. The number of aryl methyl sites for hydroxylation is 2. The van der Waals surface area contributed by atoms with E-state index in [1.54, 1.807) is 0 Å². The molecule has 0 spiro atoms. The van der Waals surface area contributed by atoms with Crippen molar-refractivity contribution in [2.75, 3.05) is 0 Å². The molecule has 5 rings (SSSR count). The number of hydrogen-bond donors (Lipinski definition) is 3. The highest BCUT2D eigenvalue weighted by molar-refractivity contribution is 5.13. The highest BCUT2D eigenvalue weighted by Gasteiger charge is 2.64. The lowest BCUT2D eigenvalue weighted by Gasteiger charge is -2.64. The number of H-pyrrole nitrogens is 1. The Hall–Kier alpha value is -0.940. The molecule has 5 heteroatoms. The first-order valence-corrected chi connectivity index (χ1v) is 13.9. The maximum Gasteiger partial charge on any atom is 0.130 e. The summed E-state index contributed by atoms with van der Waals surface area (Å²) < 4.78 is 0. The minimum Gasteiger partial charge on any atom is -0.393 e. The predicted molar refractivity (Wildman–Crippen MR) is 130 cm³/mol. The Kier molecular flexibility index (Phi) is 6.21. The van der Waals surface area contributed by atoms with Crippen LogP contribution in [0.15, 0.2) is 0 Å². The second-order valence-corrected chi connectivity index (χ2v) is 13.0. The Balaban J connectivity index is 1.37. The molecule has 4 fully saturated rings. The topological polar surface area (TPSA) is 82.0 Å². The van der Waals surface area contributed by atoms with E-state index in [-0.39, 0.29) is 12.2 Å². The first kappa shape index (κ1) is 23.8. The molecule has 1 heterocycles. The number of aromatic nitrogens is 3. The molecule has 1 aromatic heterocycles. The Morgan fingerprint density at radius 3 is 2.42 bits per heavy atom. The Morgan fingerprint density at radius 2 is 1.73 bits per heavy atom. The van der Waals surface area contributed by atoms with Gasteiger partial charge in [0.05, 0.1) is 12.2 Å². The summed E-state index contributed by atoms with van der Waals surface area (Å²) in [4.78, 5) is 3.30. The van der Waals surface area contributed by atoms with Gasteiger partial charge in [0.15, 0.2) is 0 Å². The lowest BCUT2D eigenvalue weighted by atomic mass is 9.41. The fourth-order valence-corrected chi connectivity index (χ4v) is 10.0. The Bertz CT molecular complexity index is 841. The highest BCUT2D eigenvalue weighted by Crippen LogP contribution is 2.69. The van der Waals surface area contributed by atoms with Crippen LogP contribution in [0.25, 0.3) is 0 Å². The van der Waals surface area contributed by atoms with Gasteiger partial charge >= 0.3 is 0 Å². The Labute approximate surface area is 200 Å². The van der Waals surface area contributed by atoms with Crippen LogP contribution in [-0.2, 0) is 6.42 Å². The van der Waals surface area contributed by atoms with Gasteiger partial charge in [-0.1, -0.05) is 34.1 Å². The SMILES string of the molecule is CC[C@@H]1C2C[C@H](O)CCC2(C)[C@H]2CCC3(C)C([C@H](C)CCc4nnc(C)[nH]4)CC[C@H]3[C@@H]2[C@@H]1O. The van der Waals surface area contributed by atoms with Gasteiger partial charge in [-0.2, -0.15) is 0 Å². The molecule has 4 aliphatic rings. The van der Waals surface area contributed by atoms with E-state index in [1.807, 2.05) is 6.92 Å². The molecule has 0 bridgehead atoms. The van der Waals surface area contributed by atoms with Gasteiger partial charge in [-0.3, -0.25) is 0 Å². The van der Waals surface area contributed by atoms with Crippen LogP contribution >= 0.6 is 0 Å². The third kappa shape index (κ3) is 3.71. The van der Waals surface area contributed by atoms with Crippen molar-refractivity contribution in [3.8, 4) is 0 Å². The molecule has 0 aliphatic heterocycles. The van der Waals surface area contributed by atoms with Crippen LogP contribution in [0.3, 0.4) is 0 Å². The molecule has 4 aliphatic carbocycles. The second kappa shape index (κ2) is 8.62. The van der Waals surface area contributed by atoms with Crippen molar-refractivity contribution in [3.05, 3.63) is 11.6 Å². The molecule has 4 saturated carbocycles. The zero-order chi connectivity index (χ0) is 23.5. The fraction of sp³-hybridized carbons (Fsp3) is 0.929. The number of fused-ring (bicyclic) bond motifs is 5. The summed E-state index contributed by atoms with van der Waals surface area (Å²) in [6.07, 6.45) is 11.0. The second-order valence-electron chi connectivity index (χ2n) is 13.0. The van der Waals surface area contributed by atoms with E-state index < -0.39 is 0 Å². The first-order chi connectivity index (χ1) is 15.7. The number of nitrogens with zero attached hydrogens (tertiary/aromatic N) is 2. The van der Waals surface area contributed by atoms with Gasteiger partial charge in [0.25, 0.3) is 0 Å². The monoisotopic (exact) mass is 457 g/mol. The standard InChI is InChI=1S/C28H47N3O2/c1-6-19-23-15-18(32)11-13-28(23,5)22-12-14-27(4)20(8-9-21(27)25(22)26(19)33)16(2)7-10-24-29-17(3)30-31-24/h16,18-23,25-26,32-33H,6-15H2,1-5H3,(H,29,30,31)/t16-,18-,19-,20?,21+,22+,23?,25+,26-,27?,28?/m1/s1. The third-order valence-corrected chi connectivity index (χ3v) is 11.6. The van der Waals surface area contributed by atoms with Crippen LogP contribution in [0.5, 0.6) is 0 Å². The minimum atomic E-state index is -0.195. The number of rotatable bonds is 5. The molecule has 0 amide bonds. The van der Waals surface area contributed by atoms with Crippen LogP contribution in [0, 0.1) is 59.2 Å². The molecular formula is C28H47N3O2. The van der Waals surface area contributed by atoms with Crippen LogP contribution < -0.4 is 0 Å². The van der Waals surface area contributed by atoms with Crippen molar-refractivity contribution in [2.45, 2.75) is 111 Å². The molecule has 4 unspecified atom stereocenters. The largest absolute Gasteiger partial charge is 0.393 e. The molecule has 0 aromatic carbocycles. The number of aliphatic hydroxyl groups excluding tert-OH is 2. The van der Waals surface area contributed by atoms with Crippen molar-refractivity contribution in [2.24, 2.45) is 52.3 Å². The Morgan fingerprint density at radius 1 is 1.00 bits per heavy atom. The predicted octanol–water partition coefficient (Wildman–Crippen LogP) is 5.31. The summed E-state index contributed by atoms with van der Waals surface area (Å²) in [6, 6.07) is 0. The average Bonchev–Trinajstić information content (AvgIpc) is 3.36. The number of aromatic amines is 1. The smallest absolute Gasteiger partial charge is 0.130 e. The molecule has 3 N–H and O–H groups in total. The van der Waals surface area contributed by atoms with Crippen LogP contribution in [0.2, 0.25) is 0 Å². The van der Waals surface area contributed by atoms with Crippen molar-refractivity contribution in [1.29, 1.82) is 0 Å². The molecule has 1 aromatic rings. The van der Waals surface area contributed by atoms with Crippen molar-refractivity contribution < 1.29 is 10.2 Å². The number of nitrogens with one attached hydrogen (secondary N) is 1. The average molecular weight is 458 g/mol. The van der Waals surface area contributed by atoms with Gasteiger partial charge < -0.3 is 15.2 Å². The summed E-state index contributed by atoms with van der Waals surface area (Å²) in [5.41, 5.74) is 0.632. The van der Waals surface area contributed by atoms with Gasteiger partial charge in [0, 0.05) is 6.42 Å². The maximum atomic E-state index is 11.8. The van der Waals surface area contributed by atoms with E-state index in [4.69, 9.17) is 0 Å². The summed E-state index contributed by atoms with van der Waals surface area (Å²) >= 11 is 0. The van der Waals surface area contributed by atoms with Crippen LogP contribution in [0.4, 0.5) is 0 Å². The lowest BCUT2D eigenvalue weighted by Crippen LogP contribution is -2.62. The zero-order valence-corrected chi connectivity index (χ0v) is 21.6. The van der Waals surface area contributed by atoms with E-state index in [0.29, 0.717) is 46.3 Å². The van der Waals surface area contributed by atoms with Crippen molar-refractivity contribution in [3.63, 3.8) is 0 Å². The van der Waals surface area contributed by atoms with Gasteiger partial charge in [-0.15, -0.1) is 10.2 Å². The molecule has 11 atom stereocenters. The number of aliphatic hydroxyl groups is 2.